The zero-order chi connectivity index (χ0) is 32.6. The summed E-state index contributed by atoms with van der Waals surface area (Å²) in [5.41, 5.74) is 0. The number of carbonyl (C=O) groups excluding carboxylic acids is 2. The maximum atomic E-state index is 12.4. The number of likely N-dealkylation sites (N-methyl/N-ethyl adjacent to an activating group) is 1. The van der Waals surface area contributed by atoms with E-state index in [0.29, 0.717) is 44.3 Å². The van der Waals surface area contributed by atoms with E-state index < -0.39 is 0 Å². The molecular formula is C38H75NO4. The van der Waals surface area contributed by atoms with Crippen LogP contribution >= 0.6 is 0 Å². The van der Waals surface area contributed by atoms with Gasteiger partial charge in [0.25, 0.3) is 0 Å². The lowest BCUT2D eigenvalue weighted by molar-refractivity contribution is -0.148. The van der Waals surface area contributed by atoms with Crippen molar-refractivity contribution in [1.29, 1.82) is 0 Å². The van der Waals surface area contributed by atoms with Gasteiger partial charge in [-0.1, -0.05) is 132 Å². The molecule has 0 amide bonds. The fraction of sp³-hybridized carbons (Fsp3) is 0.947. The molecule has 256 valence electrons. The Hall–Kier alpha value is -1.10. The van der Waals surface area contributed by atoms with Gasteiger partial charge in [-0.05, 0) is 62.4 Å². The highest BCUT2D eigenvalue weighted by Gasteiger charge is 2.17. The van der Waals surface area contributed by atoms with Gasteiger partial charge in [0.15, 0.2) is 0 Å². The van der Waals surface area contributed by atoms with Crippen molar-refractivity contribution in [2.24, 2.45) is 35.5 Å². The lowest BCUT2D eigenvalue weighted by Gasteiger charge is -2.24. The van der Waals surface area contributed by atoms with E-state index in [1.54, 1.807) is 0 Å². The topological polar surface area (TPSA) is 55.8 Å². The fourth-order valence-corrected chi connectivity index (χ4v) is 5.82. The molecule has 0 saturated heterocycles. The van der Waals surface area contributed by atoms with Gasteiger partial charge >= 0.3 is 11.9 Å². The monoisotopic (exact) mass is 610 g/mol. The number of esters is 2. The summed E-state index contributed by atoms with van der Waals surface area (Å²) in [6.07, 6.45) is 18.9. The predicted molar refractivity (Wildman–Crippen MR) is 184 cm³/mol. The van der Waals surface area contributed by atoms with Crippen molar-refractivity contribution in [2.45, 2.75) is 171 Å². The first-order valence-corrected chi connectivity index (χ1v) is 18.3. The molecule has 5 unspecified atom stereocenters. The van der Waals surface area contributed by atoms with Crippen LogP contribution in [0.15, 0.2) is 0 Å². The minimum Gasteiger partial charge on any atom is -0.466 e. The van der Waals surface area contributed by atoms with E-state index in [1.807, 2.05) is 14.1 Å². The van der Waals surface area contributed by atoms with Crippen molar-refractivity contribution in [1.82, 2.24) is 4.90 Å². The Morgan fingerprint density at radius 1 is 0.488 bits per heavy atom. The number of ether oxygens (including phenoxy) is 2. The molecule has 5 heteroatoms. The third-order valence-electron chi connectivity index (χ3n) is 9.31. The van der Waals surface area contributed by atoms with Gasteiger partial charge in [-0.2, -0.15) is 0 Å². The van der Waals surface area contributed by atoms with Crippen LogP contribution in [0.1, 0.15) is 165 Å². The minimum absolute atomic E-state index is 0.0489. The SMILES string of the molecule is CC(C)CCCC(C)CCCC(C)CCC(=O)OCCC(COC(=O)CCC(C)CCCC(C)CCCC(C)C)N(C)C. The summed E-state index contributed by atoms with van der Waals surface area (Å²) < 4.78 is 11.2. The van der Waals surface area contributed by atoms with Crippen LogP contribution in [-0.2, 0) is 19.1 Å². The molecule has 0 heterocycles. The molecule has 0 bridgehead atoms. The molecule has 0 radical (unpaired) electrons. The second-order valence-electron chi connectivity index (χ2n) is 15.3. The normalized spacial score (nSPS) is 15.5. The van der Waals surface area contributed by atoms with Crippen molar-refractivity contribution in [3.63, 3.8) is 0 Å². The molecule has 0 aromatic rings. The van der Waals surface area contributed by atoms with Crippen molar-refractivity contribution in [3.05, 3.63) is 0 Å². The fourth-order valence-electron chi connectivity index (χ4n) is 5.82. The van der Waals surface area contributed by atoms with Crippen LogP contribution in [-0.4, -0.2) is 50.2 Å². The molecule has 0 rings (SSSR count). The first-order valence-electron chi connectivity index (χ1n) is 18.3. The van der Waals surface area contributed by atoms with Crippen molar-refractivity contribution < 1.29 is 19.1 Å². The summed E-state index contributed by atoms with van der Waals surface area (Å²) >= 11 is 0. The first kappa shape index (κ1) is 41.9. The Bertz CT molecular complexity index is 677. The standard InChI is InChI=1S/C38H75NO4/c1-30(2)15-11-17-32(5)19-13-21-34(7)23-25-37(40)42-28-27-36(39(9)10)29-43-38(41)26-24-35(8)22-14-20-33(6)18-12-16-31(3)4/h30-36H,11-29H2,1-10H3. The van der Waals surface area contributed by atoms with Crippen LogP contribution < -0.4 is 0 Å². The van der Waals surface area contributed by atoms with Gasteiger partial charge in [0.1, 0.15) is 6.61 Å². The largest absolute Gasteiger partial charge is 0.466 e. The predicted octanol–water partition coefficient (Wildman–Crippen LogP) is 10.5. The van der Waals surface area contributed by atoms with Gasteiger partial charge in [0.2, 0.25) is 0 Å². The molecule has 5 nitrogen and oxygen atoms in total. The van der Waals surface area contributed by atoms with Crippen LogP contribution in [0.3, 0.4) is 0 Å². The summed E-state index contributed by atoms with van der Waals surface area (Å²) in [6, 6.07) is 0.0489. The van der Waals surface area contributed by atoms with E-state index >= 15 is 0 Å². The van der Waals surface area contributed by atoms with Gasteiger partial charge in [0, 0.05) is 25.3 Å². The van der Waals surface area contributed by atoms with Gasteiger partial charge in [-0.15, -0.1) is 0 Å². The van der Waals surface area contributed by atoms with Crippen LogP contribution in [0.5, 0.6) is 0 Å². The van der Waals surface area contributed by atoms with Crippen LogP contribution in [0.2, 0.25) is 0 Å². The Labute approximate surface area is 269 Å². The Balaban J connectivity index is 4.02. The summed E-state index contributed by atoms with van der Waals surface area (Å²) in [6.45, 7) is 19.2. The van der Waals surface area contributed by atoms with Crippen LogP contribution in [0, 0.1) is 35.5 Å². The average Bonchev–Trinajstić information content (AvgIpc) is 2.91. The van der Waals surface area contributed by atoms with Gasteiger partial charge in [0.05, 0.1) is 6.61 Å². The van der Waals surface area contributed by atoms with E-state index in [-0.39, 0.29) is 18.0 Å². The van der Waals surface area contributed by atoms with Crippen molar-refractivity contribution in [2.75, 3.05) is 27.3 Å². The Morgan fingerprint density at radius 2 is 0.837 bits per heavy atom. The van der Waals surface area contributed by atoms with Gasteiger partial charge in [-0.3, -0.25) is 9.59 Å². The number of hydrogen-bond donors (Lipinski definition) is 0. The zero-order valence-electron chi connectivity index (χ0n) is 30.6. The average molecular weight is 610 g/mol. The first-order chi connectivity index (χ1) is 20.3. The molecule has 0 aliphatic heterocycles. The lowest BCUT2D eigenvalue weighted by atomic mass is 9.92. The van der Waals surface area contributed by atoms with Crippen LogP contribution in [0.4, 0.5) is 0 Å². The second-order valence-corrected chi connectivity index (χ2v) is 15.3. The third-order valence-corrected chi connectivity index (χ3v) is 9.31. The smallest absolute Gasteiger partial charge is 0.305 e. The third kappa shape index (κ3) is 27.0. The van der Waals surface area contributed by atoms with Gasteiger partial charge in [-0.25, -0.2) is 0 Å². The zero-order valence-corrected chi connectivity index (χ0v) is 30.6. The number of carbonyl (C=O) groups is 2. The maximum Gasteiger partial charge on any atom is 0.305 e. The molecule has 0 aliphatic rings. The molecular weight excluding hydrogens is 534 g/mol. The van der Waals surface area contributed by atoms with Crippen molar-refractivity contribution >= 4 is 11.9 Å². The molecule has 5 atom stereocenters. The summed E-state index contributed by atoms with van der Waals surface area (Å²) in [4.78, 5) is 26.8. The minimum atomic E-state index is -0.114. The molecule has 0 saturated carbocycles. The Morgan fingerprint density at radius 3 is 1.21 bits per heavy atom. The lowest BCUT2D eigenvalue weighted by Crippen LogP contribution is -2.34. The van der Waals surface area contributed by atoms with E-state index in [0.717, 1.165) is 36.5 Å². The molecule has 0 aromatic heterocycles. The number of nitrogens with zero attached hydrogens (tertiary/aromatic N) is 1. The molecule has 43 heavy (non-hydrogen) atoms. The second kappa shape index (κ2) is 26.1. The summed E-state index contributed by atoms with van der Waals surface area (Å²) in [7, 11) is 3.97. The number of rotatable bonds is 28. The highest BCUT2D eigenvalue weighted by atomic mass is 16.5. The summed E-state index contributed by atoms with van der Waals surface area (Å²) in [5, 5.41) is 0. The summed E-state index contributed by atoms with van der Waals surface area (Å²) in [5.74, 6) is 4.09. The maximum absolute atomic E-state index is 12.4. The van der Waals surface area contributed by atoms with E-state index in [4.69, 9.17) is 9.47 Å². The quantitative estimate of drug-likeness (QED) is 0.0826. The molecule has 0 N–H and O–H groups in total. The molecule has 0 aliphatic carbocycles. The molecule has 0 aromatic carbocycles. The molecule has 0 fully saturated rings. The van der Waals surface area contributed by atoms with Gasteiger partial charge < -0.3 is 14.4 Å². The highest BCUT2D eigenvalue weighted by Crippen LogP contribution is 2.22. The Kier molecular flexibility index (Phi) is 25.5. The highest BCUT2D eigenvalue weighted by molar-refractivity contribution is 5.69. The van der Waals surface area contributed by atoms with E-state index in [2.05, 4.69) is 60.3 Å². The van der Waals surface area contributed by atoms with E-state index in [9.17, 15) is 9.59 Å². The van der Waals surface area contributed by atoms with E-state index in [1.165, 1.54) is 77.0 Å². The van der Waals surface area contributed by atoms with Crippen molar-refractivity contribution in [3.8, 4) is 0 Å². The molecule has 0 spiro atoms. The van der Waals surface area contributed by atoms with Crippen LogP contribution in [0.25, 0.3) is 0 Å². The number of hydrogen-bond acceptors (Lipinski definition) is 5.